The fourth-order valence-electron chi connectivity index (χ4n) is 6.83. The number of aromatic nitrogens is 1. The molecule has 1 aromatic heterocycles. The van der Waals surface area contributed by atoms with Crippen molar-refractivity contribution in [2.45, 2.75) is 73.6 Å². The van der Waals surface area contributed by atoms with Crippen LogP contribution in [0.1, 0.15) is 97.9 Å². The maximum Gasteiger partial charge on any atom is 0.335 e. The van der Waals surface area contributed by atoms with E-state index >= 15 is 0 Å². The number of hydrogen-bond donors (Lipinski definition) is 2. The van der Waals surface area contributed by atoms with Crippen LogP contribution in [0.2, 0.25) is 0 Å². The molecule has 63 heavy (non-hydrogen) atoms. The Bertz CT molecular complexity index is 2590. The van der Waals surface area contributed by atoms with Crippen LogP contribution < -0.4 is 5.32 Å². The van der Waals surface area contributed by atoms with Gasteiger partial charge in [-0.2, -0.15) is 0 Å². The Hall–Kier alpha value is -7.95. The molecule has 0 bridgehead atoms. The molecule has 17 heteroatoms. The molecule has 17 nitrogen and oxygen atoms in total. The minimum Gasteiger partial charge on any atom is -0.478 e. The summed E-state index contributed by atoms with van der Waals surface area (Å²) in [5.74, 6) is -2.09. The number of aromatic carboxylic acids is 1. The highest BCUT2D eigenvalue weighted by Gasteiger charge is 2.35. The van der Waals surface area contributed by atoms with Crippen LogP contribution in [0.15, 0.2) is 103 Å². The summed E-state index contributed by atoms with van der Waals surface area (Å²) in [7, 11) is 0. The molecule has 0 saturated carbocycles. The predicted molar refractivity (Wildman–Crippen MR) is 233 cm³/mol. The molecule has 2 aliphatic heterocycles. The summed E-state index contributed by atoms with van der Waals surface area (Å²) in [6.45, 7) is 5.46. The Morgan fingerprint density at radius 1 is 0.683 bits per heavy atom. The third kappa shape index (κ3) is 10.9. The summed E-state index contributed by atoms with van der Waals surface area (Å²) < 4.78 is 0. The highest BCUT2D eigenvalue weighted by atomic mass is 16.6. The molecule has 0 radical (unpaired) electrons. The molecule has 7 rings (SSSR count). The molecular formula is C46H46N6O11. The molecule has 0 saturated heterocycles. The Labute approximate surface area is 362 Å². The zero-order valence-electron chi connectivity index (χ0n) is 33.1. The van der Waals surface area contributed by atoms with Gasteiger partial charge >= 0.3 is 5.97 Å². The maximum atomic E-state index is 13.2. The zero-order chi connectivity index (χ0) is 44.1. The maximum absolute atomic E-state index is 13.2. The molecule has 2 N–H and O–H groups in total. The van der Waals surface area contributed by atoms with Crippen LogP contribution in [0.5, 0.6) is 0 Å². The highest BCUT2D eigenvalue weighted by molar-refractivity contribution is 6.05. The van der Waals surface area contributed by atoms with Crippen molar-refractivity contribution in [1.29, 1.82) is 0 Å². The fourth-order valence-corrected chi connectivity index (χ4v) is 6.83. The molecule has 0 spiro atoms. The van der Waals surface area contributed by atoms with E-state index in [4.69, 9.17) is 5.11 Å². The van der Waals surface area contributed by atoms with Gasteiger partial charge in [-0.1, -0.05) is 45.2 Å². The van der Waals surface area contributed by atoms with Crippen LogP contribution in [0.3, 0.4) is 0 Å². The zero-order valence-corrected chi connectivity index (χ0v) is 33.1. The Kier molecular flexibility index (Phi) is 15.2. The van der Waals surface area contributed by atoms with E-state index in [1.165, 1.54) is 58.3 Å². The normalized spacial score (nSPS) is 15.5. The number of pyridine rings is 1. The smallest absolute Gasteiger partial charge is 0.335 e. The first kappa shape index (κ1) is 47.7. The minimum absolute atomic E-state index is 0. The minimum atomic E-state index is -1.05. The molecule has 0 aliphatic carbocycles. The molecule has 0 fully saturated rings. The number of fused-ring (bicyclic) bond motifs is 2. The number of nitro benzene ring substituents is 2. The van der Waals surface area contributed by atoms with Gasteiger partial charge in [-0.05, 0) is 91.1 Å². The quantitative estimate of drug-likeness (QED) is 0.109. The molecule has 0 unspecified atom stereocenters. The number of hydrogen-bond acceptors (Lipinski definition) is 11. The summed E-state index contributed by atoms with van der Waals surface area (Å²) in [4.78, 5) is 103. The number of nitrogens with one attached hydrogen (secondary N) is 1. The number of non-ortho nitro benzene ring substituents is 2. The third-order valence-corrected chi connectivity index (χ3v) is 10.5. The van der Waals surface area contributed by atoms with Gasteiger partial charge in [-0.3, -0.25) is 44.2 Å². The van der Waals surface area contributed by atoms with Gasteiger partial charge < -0.3 is 20.2 Å². The van der Waals surface area contributed by atoms with Crippen molar-refractivity contribution < 1.29 is 43.7 Å². The first-order valence-electron chi connectivity index (χ1n) is 18.9. The average Bonchev–Trinajstić information content (AvgIpc) is 3.38. The number of carboxylic acids is 1. The van der Waals surface area contributed by atoms with Crippen LogP contribution >= 0.6 is 0 Å². The second-order valence-electron chi connectivity index (χ2n) is 14.6. The molecule has 4 aromatic carbocycles. The number of benzene rings is 4. The number of Topliss-reactive ketones (excluding diaryl/α,β-unsaturated/α-hetero) is 2. The van der Waals surface area contributed by atoms with Gasteiger partial charge in [0, 0.05) is 73.1 Å². The Morgan fingerprint density at radius 2 is 1.11 bits per heavy atom. The van der Waals surface area contributed by atoms with Gasteiger partial charge in [-0.25, -0.2) is 9.78 Å². The second kappa shape index (κ2) is 20.1. The molecule has 3 heterocycles. The van der Waals surface area contributed by atoms with Crippen molar-refractivity contribution in [1.82, 2.24) is 14.8 Å². The lowest BCUT2D eigenvalue weighted by Gasteiger charge is -2.26. The molecule has 2 aliphatic rings. The van der Waals surface area contributed by atoms with Crippen molar-refractivity contribution in [3.8, 4) is 0 Å². The van der Waals surface area contributed by atoms with Crippen molar-refractivity contribution in [2.75, 3.05) is 5.32 Å². The molecule has 2 atom stereocenters. The van der Waals surface area contributed by atoms with E-state index in [0.717, 1.165) is 11.1 Å². The number of carbonyl (C=O) groups excluding carboxylic acids is 5. The van der Waals surface area contributed by atoms with E-state index in [1.54, 1.807) is 62.5 Å². The number of rotatable bonds is 9. The number of carbonyl (C=O) groups is 6. The van der Waals surface area contributed by atoms with Gasteiger partial charge in [0.25, 0.3) is 29.1 Å². The van der Waals surface area contributed by atoms with E-state index in [-0.39, 0.29) is 98.1 Å². The van der Waals surface area contributed by atoms with Gasteiger partial charge in [-0.15, -0.1) is 0 Å². The Morgan fingerprint density at radius 3 is 1.49 bits per heavy atom. The monoisotopic (exact) mass is 858 g/mol. The number of aryl methyl sites for hydroxylation is 1. The topological polar surface area (TPSA) is 240 Å². The summed E-state index contributed by atoms with van der Waals surface area (Å²) >= 11 is 0. The fraction of sp³-hybridized carbons (Fsp3) is 0.239. The largest absolute Gasteiger partial charge is 0.478 e. The lowest BCUT2D eigenvalue weighted by Crippen LogP contribution is -2.41. The van der Waals surface area contributed by atoms with Crippen molar-refractivity contribution in [3.05, 3.63) is 174 Å². The Balaban J connectivity index is 0.000000275. The molecule has 5 aromatic rings. The predicted octanol–water partition coefficient (Wildman–Crippen LogP) is 7.43. The van der Waals surface area contributed by atoms with E-state index in [1.807, 2.05) is 13.0 Å². The van der Waals surface area contributed by atoms with Crippen LogP contribution in [0.4, 0.5) is 17.2 Å². The first-order chi connectivity index (χ1) is 29.0. The number of nitro groups is 2. The lowest BCUT2D eigenvalue weighted by atomic mass is 10.0. The van der Waals surface area contributed by atoms with Crippen LogP contribution in [-0.4, -0.2) is 77.1 Å². The first-order valence-corrected chi connectivity index (χ1v) is 18.9. The van der Waals surface area contributed by atoms with E-state index in [0.29, 0.717) is 28.1 Å². The van der Waals surface area contributed by atoms with Crippen molar-refractivity contribution >= 4 is 52.4 Å². The number of ketones is 2. The molecular weight excluding hydrogens is 813 g/mol. The average molecular weight is 859 g/mol. The molecule has 3 amide bonds. The SMILES string of the molecule is C.C.C[C@@H]1C(=O)Cc2cc([N+](=O)[O-])ccc2C(=O)N1Cc1ccc(C(=O)O)cc1.Cc1ccc(NC(=O)c2ccc(CN3C(=O)c4ccc([N+](=O)[O-])cc4CC(=O)[C@H]3C)cc2)nc1. The standard InChI is InChI=1S/C25H22N4O5.C19H16N2O6.2CH4/c1-15-3-10-23(26-13-15)27-24(31)18-6-4-17(5-7-18)14-28-16(2)22(30)12-19-11-20(29(33)34)8-9-21(19)25(28)32;1-11-17(22)9-14-8-15(21(26)27)6-7-16(14)18(23)20(11)10-12-2-4-13(5-3-12)19(24)25;;/h3-11,13,16H,12,14H2,1-2H3,(H,26,27,31);2-8,11H,9-10H2,1H3,(H,24,25);2*1H4/t16-;11-;;/m11../s1. The number of nitrogens with zero attached hydrogens (tertiary/aromatic N) is 5. The van der Waals surface area contributed by atoms with Gasteiger partial charge in [0.05, 0.1) is 27.5 Å². The number of carboxylic acid groups (broad SMARTS) is 1. The van der Waals surface area contributed by atoms with E-state index in [9.17, 15) is 49.0 Å². The summed E-state index contributed by atoms with van der Waals surface area (Å²) in [5.41, 5.74) is 3.88. The van der Waals surface area contributed by atoms with Crippen molar-refractivity contribution in [2.24, 2.45) is 0 Å². The van der Waals surface area contributed by atoms with Crippen LogP contribution in [0.25, 0.3) is 0 Å². The van der Waals surface area contributed by atoms with E-state index in [2.05, 4.69) is 10.3 Å². The third-order valence-electron chi connectivity index (χ3n) is 10.5. The summed E-state index contributed by atoms with van der Waals surface area (Å²) in [5, 5.41) is 33.8. The summed E-state index contributed by atoms with van der Waals surface area (Å²) in [6, 6.07) is 22.8. The number of amides is 3. The van der Waals surface area contributed by atoms with E-state index < -0.39 is 27.9 Å². The second-order valence-corrected chi connectivity index (χ2v) is 14.6. The van der Waals surface area contributed by atoms with Crippen molar-refractivity contribution in [3.63, 3.8) is 0 Å². The van der Waals surface area contributed by atoms with Crippen LogP contribution in [0, 0.1) is 27.2 Å². The summed E-state index contributed by atoms with van der Waals surface area (Å²) in [6.07, 6.45) is 1.56. The van der Waals surface area contributed by atoms with Gasteiger partial charge in [0.2, 0.25) is 0 Å². The molecule has 326 valence electrons. The van der Waals surface area contributed by atoms with Gasteiger partial charge in [0.1, 0.15) is 5.82 Å². The highest BCUT2D eigenvalue weighted by Crippen LogP contribution is 2.28. The van der Waals surface area contributed by atoms with Crippen LogP contribution in [-0.2, 0) is 35.5 Å². The lowest BCUT2D eigenvalue weighted by molar-refractivity contribution is -0.385. The number of anilines is 1. The van der Waals surface area contributed by atoms with Gasteiger partial charge in [0.15, 0.2) is 11.6 Å².